The van der Waals surface area contributed by atoms with Crippen LogP contribution in [0.2, 0.25) is 0 Å². The highest BCUT2D eigenvalue weighted by Crippen LogP contribution is 2.37. The summed E-state index contributed by atoms with van der Waals surface area (Å²) < 4.78 is 0. The molecule has 0 atom stereocenters. The van der Waals surface area contributed by atoms with Crippen molar-refractivity contribution in [2.75, 3.05) is 19.6 Å². The van der Waals surface area contributed by atoms with Gasteiger partial charge in [0, 0.05) is 31.0 Å². The van der Waals surface area contributed by atoms with Crippen molar-refractivity contribution in [3.8, 4) is 0 Å². The largest absolute Gasteiger partial charge is 0.370 e. The third-order valence-electron chi connectivity index (χ3n) is 5.54. The molecule has 0 amide bonds. The zero-order chi connectivity index (χ0) is 14.8. The summed E-state index contributed by atoms with van der Waals surface area (Å²) in [5, 5.41) is 0. The van der Waals surface area contributed by atoms with E-state index >= 15 is 0 Å². The molecule has 0 unspecified atom stereocenters. The highest BCUT2D eigenvalue weighted by molar-refractivity contribution is 6.01. The SMILES string of the molecule is C(/C1=NCCC1)=C(/c1ccccc1)N1CC2CCC(CC2)C1. The molecular formula is C20H26N2. The first-order valence-corrected chi connectivity index (χ1v) is 8.94. The number of nitrogens with zero attached hydrogens (tertiary/aromatic N) is 2. The number of benzene rings is 1. The summed E-state index contributed by atoms with van der Waals surface area (Å²) >= 11 is 0. The van der Waals surface area contributed by atoms with Gasteiger partial charge in [0.25, 0.3) is 0 Å². The van der Waals surface area contributed by atoms with Crippen molar-refractivity contribution in [2.24, 2.45) is 16.8 Å². The summed E-state index contributed by atoms with van der Waals surface area (Å²) in [6, 6.07) is 10.9. The van der Waals surface area contributed by atoms with E-state index < -0.39 is 0 Å². The maximum Gasteiger partial charge on any atom is 0.0458 e. The van der Waals surface area contributed by atoms with Crippen molar-refractivity contribution in [3.63, 3.8) is 0 Å². The van der Waals surface area contributed by atoms with E-state index in [0.717, 1.165) is 24.8 Å². The summed E-state index contributed by atoms with van der Waals surface area (Å²) in [5.74, 6) is 1.80. The molecule has 3 heterocycles. The van der Waals surface area contributed by atoms with Crippen molar-refractivity contribution < 1.29 is 0 Å². The second-order valence-electron chi connectivity index (χ2n) is 7.16. The summed E-state index contributed by atoms with van der Waals surface area (Å²) in [5.41, 5.74) is 4.08. The van der Waals surface area contributed by atoms with Gasteiger partial charge in [-0.25, -0.2) is 0 Å². The van der Waals surface area contributed by atoms with Crippen LogP contribution in [0.5, 0.6) is 0 Å². The van der Waals surface area contributed by atoms with E-state index in [-0.39, 0.29) is 0 Å². The predicted octanol–water partition coefficient (Wildman–Crippen LogP) is 4.38. The van der Waals surface area contributed by atoms with Gasteiger partial charge in [-0.2, -0.15) is 0 Å². The number of rotatable bonds is 3. The molecule has 3 aliphatic heterocycles. The molecule has 2 saturated heterocycles. The summed E-state index contributed by atoms with van der Waals surface area (Å²) in [6.07, 6.45) is 10.5. The molecule has 2 nitrogen and oxygen atoms in total. The summed E-state index contributed by atoms with van der Waals surface area (Å²) in [6.45, 7) is 3.49. The van der Waals surface area contributed by atoms with Gasteiger partial charge in [-0.15, -0.1) is 0 Å². The van der Waals surface area contributed by atoms with E-state index in [1.54, 1.807) is 0 Å². The summed E-state index contributed by atoms with van der Waals surface area (Å²) in [4.78, 5) is 7.36. The van der Waals surface area contributed by atoms with Crippen molar-refractivity contribution in [3.05, 3.63) is 42.0 Å². The third kappa shape index (κ3) is 2.97. The zero-order valence-electron chi connectivity index (χ0n) is 13.4. The lowest BCUT2D eigenvalue weighted by atomic mass is 9.84. The minimum Gasteiger partial charge on any atom is -0.370 e. The maximum absolute atomic E-state index is 4.69. The van der Waals surface area contributed by atoms with Gasteiger partial charge in [-0.1, -0.05) is 30.3 Å². The van der Waals surface area contributed by atoms with Gasteiger partial charge in [0.2, 0.25) is 0 Å². The molecule has 0 N–H and O–H groups in total. The van der Waals surface area contributed by atoms with Gasteiger partial charge in [0.15, 0.2) is 0 Å². The first-order chi connectivity index (χ1) is 10.9. The van der Waals surface area contributed by atoms with Gasteiger partial charge in [-0.05, 0) is 62.0 Å². The van der Waals surface area contributed by atoms with Crippen LogP contribution in [0.15, 0.2) is 41.4 Å². The predicted molar refractivity (Wildman–Crippen MR) is 93.0 cm³/mol. The van der Waals surface area contributed by atoms with E-state index in [1.165, 1.54) is 62.2 Å². The van der Waals surface area contributed by atoms with E-state index in [1.807, 2.05) is 0 Å². The number of hydrogen-bond acceptors (Lipinski definition) is 2. The molecule has 0 radical (unpaired) electrons. The average molecular weight is 294 g/mol. The molecule has 2 heteroatoms. The molecule has 3 fully saturated rings. The van der Waals surface area contributed by atoms with Gasteiger partial charge in [0.05, 0.1) is 0 Å². The summed E-state index contributed by atoms with van der Waals surface area (Å²) in [7, 11) is 0. The lowest BCUT2D eigenvalue weighted by molar-refractivity contribution is 0.326. The maximum atomic E-state index is 4.69. The fraction of sp³-hybridized carbons (Fsp3) is 0.550. The molecule has 116 valence electrons. The molecule has 2 bridgehead atoms. The first-order valence-electron chi connectivity index (χ1n) is 8.94. The Labute approximate surface area is 133 Å². The molecule has 1 aromatic carbocycles. The van der Waals surface area contributed by atoms with Crippen LogP contribution in [-0.4, -0.2) is 30.2 Å². The lowest BCUT2D eigenvalue weighted by Gasteiger charge is -2.28. The fourth-order valence-electron chi connectivity index (χ4n) is 4.29. The zero-order valence-corrected chi connectivity index (χ0v) is 13.4. The van der Waals surface area contributed by atoms with E-state index in [4.69, 9.17) is 0 Å². The number of allylic oxidation sites excluding steroid dienone is 1. The Kier molecular flexibility index (Phi) is 4.01. The van der Waals surface area contributed by atoms with Gasteiger partial charge in [-0.3, -0.25) is 4.99 Å². The van der Waals surface area contributed by atoms with Crippen LogP contribution in [0.3, 0.4) is 0 Å². The van der Waals surface area contributed by atoms with Crippen LogP contribution in [0.4, 0.5) is 0 Å². The Morgan fingerprint density at radius 1 is 1.00 bits per heavy atom. The molecule has 5 rings (SSSR count). The van der Waals surface area contributed by atoms with Crippen molar-refractivity contribution in [2.45, 2.75) is 38.5 Å². The monoisotopic (exact) mass is 294 g/mol. The number of aliphatic imine (C=N–C) groups is 1. The van der Waals surface area contributed by atoms with Crippen LogP contribution in [0.25, 0.3) is 5.70 Å². The molecule has 0 spiro atoms. The normalized spacial score (nSPS) is 28.6. The van der Waals surface area contributed by atoms with Gasteiger partial charge in [0.1, 0.15) is 0 Å². The van der Waals surface area contributed by atoms with Crippen LogP contribution >= 0.6 is 0 Å². The van der Waals surface area contributed by atoms with Crippen LogP contribution in [-0.2, 0) is 0 Å². The number of hydrogen-bond donors (Lipinski definition) is 0. The van der Waals surface area contributed by atoms with Gasteiger partial charge >= 0.3 is 0 Å². The first kappa shape index (κ1) is 14.0. The molecule has 1 saturated carbocycles. The highest BCUT2D eigenvalue weighted by Gasteiger charge is 2.30. The fourth-order valence-corrected chi connectivity index (χ4v) is 4.29. The lowest BCUT2D eigenvalue weighted by Crippen LogP contribution is -2.27. The standard InChI is InChI=1S/C20H26N2/c1-2-5-18(6-3-1)20(13-19-7-4-12-21-19)22-14-16-8-9-17(15-22)11-10-16/h1-3,5-6,13,16-17H,4,7-12,14-15H2/b20-13+. The Morgan fingerprint density at radius 3 is 2.27 bits per heavy atom. The van der Waals surface area contributed by atoms with Crippen molar-refractivity contribution in [1.29, 1.82) is 0 Å². The minimum absolute atomic E-state index is 0.899. The average Bonchev–Trinajstić information content (AvgIpc) is 2.90. The Hall–Kier alpha value is -1.57. The second-order valence-corrected chi connectivity index (χ2v) is 7.16. The Bertz CT molecular complexity index is 551. The van der Waals surface area contributed by atoms with Gasteiger partial charge < -0.3 is 4.90 Å². The molecule has 22 heavy (non-hydrogen) atoms. The van der Waals surface area contributed by atoms with Crippen LogP contribution in [0, 0.1) is 11.8 Å². The van der Waals surface area contributed by atoms with E-state index in [9.17, 15) is 0 Å². The van der Waals surface area contributed by atoms with Crippen molar-refractivity contribution >= 4 is 11.4 Å². The van der Waals surface area contributed by atoms with Crippen LogP contribution < -0.4 is 0 Å². The molecule has 1 aromatic rings. The van der Waals surface area contributed by atoms with Crippen molar-refractivity contribution in [1.82, 2.24) is 4.90 Å². The second kappa shape index (κ2) is 6.28. The van der Waals surface area contributed by atoms with E-state index in [0.29, 0.717) is 0 Å². The molecular weight excluding hydrogens is 268 g/mol. The van der Waals surface area contributed by atoms with Crippen LogP contribution in [0.1, 0.15) is 44.1 Å². The highest BCUT2D eigenvalue weighted by atomic mass is 15.1. The molecule has 0 aromatic heterocycles. The van der Waals surface area contributed by atoms with E-state index in [2.05, 4.69) is 46.3 Å². The Balaban J connectivity index is 1.67. The number of fused-ring (bicyclic) bond motifs is 4. The Morgan fingerprint density at radius 2 is 1.68 bits per heavy atom. The molecule has 4 aliphatic rings. The third-order valence-corrected chi connectivity index (χ3v) is 5.54. The smallest absolute Gasteiger partial charge is 0.0458 e. The quantitative estimate of drug-likeness (QED) is 0.807. The topological polar surface area (TPSA) is 15.6 Å². The minimum atomic E-state index is 0.899. The molecule has 1 aliphatic carbocycles.